The third-order valence-corrected chi connectivity index (χ3v) is 5.19. The number of carbonyl (C=O) groups is 1. The number of hydrogen-bond acceptors (Lipinski definition) is 5. The molecular formula is C22H20FNO4S. The molecule has 0 atom stereocenters. The number of methoxy groups -OCH3 is 3. The average molecular weight is 413 g/mol. The summed E-state index contributed by atoms with van der Waals surface area (Å²) in [5.41, 5.74) is 1.45. The molecule has 1 amide bonds. The molecule has 1 aromatic heterocycles. The Morgan fingerprint density at radius 1 is 0.966 bits per heavy atom. The van der Waals surface area contributed by atoms with Gasteiger partial charge in [0.25, 0.3) is 0 Å². The topological polar surface area (TPSA) is 56.8 Å². The van der Waals surface area contributed by atoms with Crippen molar-refractivity contribution >= 4 is 29.0 Å². The summed E-state index contributed by atoms with van der Waals surface area (Å²) in [4.78, 5) is 14.2. The van der Waals surface area contributed by atoms with Crippen molar-refractivity contribution in [3.05, 3.63) is 65.3 Å². The second kappa shape index (κ2) is 9.25. The Morgan fingerprint density at radius 3 is 2.21 bits per heavy atom. The van der Waals surface area contributed by atoms with E-state index in [1.165, 1.54) is 50.9 Å². The number of hydrogen-bond donors (Lipinski definition) is 1. The highest BCUT2D eigenvalue weighted by molar-refractivity contribution is 7.16. The number of thiophene rings is 1. The quantitative estimate of drug-likeness (QED) is 0.539. The maximum Gasteiger partial charge on any atom is 0.248 e. The molecule has 5 nitrogen and oxygen atoms in total. The van der Waals surface area contributed by atoms with Gasteiger partial charge in [0.15, 0.2) is 11.5 Å². The van der Waals surface area contributed by atoms with Crippen molar-refractivity contribution in [3.63, 3.8) is 0 Å². The van der Waals surface area contributed by atoms with Gasteiger partial charge in [0.1, 0.15) is 5.82 Å². The summed E-state index contributed by atoms with van der Waals surface area (Å²) in [5.74, 6) is 0.794. The van der Waals surface area contributed by atoms with Gasteiger partial charge in [-0.1, -0.05) is 12.1 Å². The maximum atomic E-state index is 13.1. The Labute approximate surface area is 172 Å². The fraction of sp³-hybridized carbons (Fsp3) is 0.136. The summed E-state index contributed by atoms with van der Waals surface area (Å²) >= 11 is 1.51. The van der Waals surface area contributed by atoms with Gasteiger partial charge in [-0.25, -0.2) is 4.39 Å². The minimum atomic E-state index is -0.295. The number of rotatable bonds is 7. The van der Waals surface area contributed by atoms with E-state index in [1.807, 2.05) is 12.1 Å². The van der Waals surface area contributed by atoms with E-state index in [-0.39, 0.29) is 11.7 Å². The summed E-state index contributed by atoms with van der Waals surface area (Å²) in [6.07, 6.45) is 3.18. The number of ether oxygens (including phenoxy) is 3. The predicted molar refractivity (Wildman–Crippen MR) is 113 cm³/mol. The molecule has 0 radical (unpaired) electrons. The fourth-order valence-corrected chi connectivity index (χ4v) is 3.62. The average Bonchev–Trinajstić information content (AvgIpc) is 3.21. The van der Waals surface area contributed by atoms with Gasteiger partial charge < -0.3 is 19.5 Å². The maximum absolute atomic E-state index is 13.1. The van der Waals surface area contributed by atoms with Gasteiger partial charge in [-0.05, 0) is 35.9 Å². The lowest BCUT2D eigenvalue weighted by Gasteiger charge is -2.14. The molecular weight excluding hydrogens is 393 g/mol. The van der Waals surface area contributed by atoms with E-state index in [0.717, 1.165) is 15.3 Å². The largest absolute Gasteiger partial charge is 0.493 e. The van der Waals surface area contributed by atoms with Crippen molar-refractivity contribution in [1.29, 1.82) is 0 Å². The first-order valence-electron chi connectivity index (χ1n) is 8.69. The monoisotopic (exact) mass is 413 g/mol. The van der Waals surface area contributed by atoms with E-state index < -0.39 is 0 Å². The molecule has 2 aromatic carbocycles. The molecule has 1 N–H and O–H groups in total. The van der Waals surface area contributed by atoms with E-state index in [2.05, 4.69) is 5.32 Å². The summed E-state index contributed by atoms with van der Waals surface area (Å²) in [5, 5.41) is 2.78. The van der Waals surface area contributed by atoms with Gasteiger partial charge in [0.2, 0.25) is 11.7 Å². The standard InChI is InChI=1S/C22H20FNO4S/c1-26-18-12-16(13-19(27-2)22(18)28-3)24-21(25)11-9-17-8-10-20(29-17)14-4-6-15(23)7-5-14/h4-13H,1-3H3,(H,24,25)/b11-9+. The van der Waals surface area contributed by atoms with Crippen LogP contribution >= 0.6 is 11.3 Å². The van der Waals surface area contributed by atoms with Crippen LogP contribution in [-0.2, 0) is 4.79 Å². The zero-order valence-corrected chi connectivity index (χ0v) is 17.0. The molecule has 7 heteroatoms. The normalized spacial score (nSPS) is 10.8. The number of nitrogens with one attached hydrogen (secondary N) is 1. The van der Waals surface area contributed by atoms with Crippen LogP contribution < -0.4 is 19.5 Å². The van der Waals surface area contributed by atoms with Crippen LogP contribution in [0.3, 0.4) is 0 Å². The Kier molecular flexibility index (Phi) is 6.51. The number of anilines is 1. The van der Waals surface area contributed by atoms with Gasteiger partial charge in [0, 0.05) is 33.7 Å². The first-order valence-corrected chi connectivity index (χ1v) is 9.50. The molecule has 3 aromatic rings. The first-order chi connectivity index (χ1) is 14.0. The molecule has 0 spiro atoms. The van der Waals surface area contributed by atoms with E-state index in [0.29, 0.717) is 22.9 Å². The Balaban J connectivity index is 1.71. The molecule has 0 saturated heterocycles. The van der Waals surface area contributed by atoms with Crippen LogP contribution in [0.1, 0.15) is 4.88 Å². The van der Waals surface area contributed by atoms with Crippen molar-refractivity contribution in [2.75, 3.05) is 26.6 Å². The zero-order valence-electron chi connectivity index (χ0n) is 16.2. The summed E-state index contributed by atoms with van der Waals surface area (Å²) in [6, 6.07) is 13.5. The highest BCUT2D eigenvalue weighted by atomic mass is 32.1. The number of halogens is 1. The van der Waals surface area contributed by atoms with Gasteiger partial charge in [-0.3, -0.25) is 4.79 Å². The van der Waals surface area contributed by atoms with Crippen molar-refractivity contribution in [3.8, 4) is 27.7 Å². The molecule has 0 unspecified atom stereocenters. The molecule has 0 aliphatic rings. The van der Waals surface area contributed by atoms with E-state index in [1.54, 1.807) is 30.3 Å². The van der Waals surface area contributed by atoms with Gasteiger partial charge >= 0.3 is 0 Å². The third kappa shape index (κ3) is 4.94. The minimum Gasteiger partial charge on any atom is -0.493 e. The van der Waals surface area contributed by atoms with Crippen LogP contribution in [0.15, 0.2) is 54.6 Å². The van der Waals surface area contributed by atoms with E-state index in [9.17, 15) is 9.18 Å². The van der Waals surface area contributed by atoms with Crippen LogP contribution in [0.2, 0.25) is 0 Å². The third-order valence-electron chi connectivity index (χ3n) is 4.09. The van der Waals surface area contributed by atoms with Crippen molar-refractivity contribution in [2.45, 2.75) is 0 Å². The number of carbonyl (C=O) groups excluding carboxylic acids is 1. The summed E-state index contributed by atoms with van der Waals surface area (Å²) in [7, 11) is 4.54. The molecule has 150 valence electrons. The molecule has 0 aliphatic carbocycles. The Bertz CT molecular complexity index is 1000. The van der Waals surface area contributed by atoms with Crippen molar-refractivity contribution < 1.29 is 23.4 Å². The predicted octanol–water partition coefficient (Wildman–Crippen LogP) is 5.23. The van der Waals surface area contributed by atoms with Gasteiger partial charge in [-0.2, -0.15) is 0 Å². The Hall–Kier alpha value is -3.32. The molecule has 3 rings (SSSR count). The first kappa shape index (κ1) is 20.4. The van der Waals surface area contributed by atoms with E-state index in [4.69, 9.17) is 14.2 Å². The van der Waals surface area contributed by atoms with Gasteiger partial charge in [0.05, 0.1) is 21.3 Å². The second-order valence-electron chi connectivity index (χ2n) is 5.95. The fourth-order valence-electron chi connectivity index (χ4n) is 2.71. The van der Waals surface area contributed by atoms with Crippen LogP contribution in [0, 0.1) is 5.82 Å². The lowest BCUT2D eigenvalue weighted by Crippen LogP contribution is -2.08. The Morgan fingerprint density at radius 2 is 1.62 bits per heavy atom. The lowest BCUT2D eigenvalue weighted by molar-refractivity contribution is -0.111. The van der Waals surface area contributed by atoms with Crippen LogP contribution in [-0.4, -0.2) is 27.2 Å². The molecule has 0 saturated carbocycles. The smallest absolute Gasteiger partial charge is 0.248 e. The minimum absolute atomic E-state index is 0.270. The molecule has 29 heavy (non-hydrogen) atoms. The van der Waals surface area contributed by atoms with Crippen molar-refractivity contribution in [2.24, 2.45) is 0 Å². The lowest BCUT2D eigenvalue weighted by atomic mass is 10.2. The molecule has 0 aliphatic heterocycles. The van der Waals surface area contributed by atoms with E-state index >= 15 is 0 Å². The van der Waals surface area contributed by atoms with Crippen LogP contribution in [0.25, 0.3) is 16.5 Å². The van der Waals surface area contributed by atoms with Crippen molar-refractivity contribution in [1.82, 2.24) is 0 Å². The summed E-state index contributed by atoms with van der Waals surface area (Å²) < 4.78 is 28.9. The highest BCUT2D eigenvalue weighted by Crippen LogP contribution is 2.40. The molecule has 0 fully saturated rings. The molecule has 1 heterocycles. The van der Waals surface area contributed by atoms with Crippen LogP contribution in [0.4, 0.5) is 10.1 Å². The summed E-state index contributed by atoms with van der Waals surface area (Å²) in [6.45, 7) is 0. The SMILES string of the molecule is COc1cc(NC(=O)/C=C/c2ccc(-c3ccc(F)cc3)s2)cc(OC)c1OC. The highest BCUT2D eigenvalue weighted by Gasteiger charge is 2.14. The number of amides is 1. The zero-order chi connectivity index (χ0) is 20.8. The van der Waals surface area contributed by atoms with Gasteiger partial charge in [-0.15, -0.1) is 11.3 Å². The molecule has 0 bridgehead atoms. The number of benzene rings is 2. The second-order valence-corrected chi connectivity index (χ2v) is 7.06. The van der Waals surface area contributed by atoms with Crippen LogP contribution in [0.5, 0.6) is 17.2 Å².